The van der Waals surface area contributed by atoms with Gasteiger partial charge < -0.3 is 10.6 Å². The zero-order valence-electron chi connectivity index (χ0n) is 11.1. The van der Waals surface area contributed by atoms with Gasteiger partial charge >= 0.3 is 0 Å². The van der Waals surface area contributed by atoms with E-state index in [1.807, 2.05) is 0 Å². The first kappa shape index (κ1) is 12.2. The number of rotatable bonds is 2. The van der Waals surface area contributed by atoms with Crippen LogP contribution in [-0.4, -0.2) is 37.1 Å². The summed E-state index contributed by atoms with van der Waals surface area (Å²) in [5.41, 5.74) is 9.48. The third-order valence-electron chi connectivity index (χ3n) is 3.81. The van der Waals surface area contributed by atoms with Crippen molar-refractivity contribution in [1.82, 2.24) is 4.90 Å². The van der Waals surface area contributed by atoms with Crippen LogP contribution in [0.5, 0.6) is 0 Å². The van der Waals surface area contributed by atoms with Gasteiger partial charge in [-0.15, -0.1) is 0 Å². The Kier molecular flexibility index (Phi) is 3.57. The second kappa shape index (κ2) is 4.96. The smallest absolute Gasteiger partial charge is 0.0603 e. The molecule has 1 heterocycles. The van der Waals surface area contributed by atoms with E-state index in [1.165, 1.54) is 11.3 Å². The molecule has 1 aliphatic heterocycles. The molecule has 17 heavy (non-hydrogen) atoms. The second-order valence-electron chi connectivity index (χ2n) is 4.93. The van der Waals surface area contributed by atoms with Crippen LogP contribution in [0.2, 0.25) is 0 Å². The van der Waals surface area contributed by atoms with Gasteiger partial charge in [0.05, 0.1) is 11.4 Å². The van der Waals surface area contributed by atoms with Crippen LogP contribution < -0.4 is 10.6 Å². The van der Waals surface area contributed by atoms with Crippen molar-refractivity contribution in [2.24, 2.45) is 0 Å². The van der Waals surface area contributed by atoms with Crippen molar-refractivity contribution in [3.05, 3.63) is 23.8 Å². The predicted octanol–water partition coefficient (Wildman–Crippen LogP) is 2.11. The molecular weight excluding hydrogens is 210 g/mol. The number of benzene rings is 1. The zero-order chi connectivity index (χ0) is 12.4. The Hall–Kier alpha value is -1.22. The lowest BCUT2D eigenvalue weighted by Gasteiger charge is -2.41. The Bertz CT molecular complexity index is 389. The van der Waals surface area contributed by atoms with Crippen molar-refractivity contribution >= 4 is 11.4 Å². The van der Waals surface area contributed by atoms with Crippen molar-refractivity contribution in [1.29, 1.82) is 0 Å². The monoisotopic (exact) mass is 233 g/mol. The summed E-state index contributed by atoms with van der Waals surface area (Å²) in [7, 11) is 0. The average molecular weight is 233 g/mol. The lowest BCUT2D eigenvalue weighted by atomic mass is 10.1. The number of nitrogens with two attached hydrogens (primary N) is 1. The maximum atomic E-state index is 6.17. The molecule has 0 aliphatic carbocycles. The molecule has 0 amide bonds. The maximum Gasteiger partial charge on any atom is 0.0603 e. The van der Waals surface area contributed by atoms with Crippen molar-refractivity contribution in [2.45, 2.75) is 26.8 Å². The van der Waals surface area contributed by atoms with E-state index in [0.29, 0.717) is 6.04 Å². The van der Waals surface area contributed by atoms with E-state index in [2.05, 4.69) is 48.8 Å². The Morgan fingerprint density at radius 3 is 2.76 bits per heavy atom. The first-order chi connectivity index (χ1) is 8.13. The van der Waals surface area contributed by atoms with Crippen LogP contribution in [0.25, 0.3) is 0 Å². The molecule has 1 aliphatic rings. The molecule has 1 aromatic carbocycles. The molecule has 2 rings (SSSR count). The Labute approximate surface area is 104 Å². The zero-order valence-corrected chi connectivity index (χ0v) is 11.1. The van der Waals surface area contributed by atoms with Crippen LogP contribution in [0, 0.1) is 6.92 Å². The number of hydrogen-bond acceptors (Lipinski definition) is 3. The van der Waals surface area contributed by atoms with Gasteiger partial charge in [-0.25, -0.2) is 0 Å². The largest absolute Gasteiger partial charge is 0.397 e. The van der Waals surface area contributed by atoms with Crippen molar-refractivity contribution < 1.29 is 0 Å². The van der Waals surface area contributed by atoms with Gasteiger partial charge in [0.25, 0.3) is 0 Å². The Balaban J connectivity index is 2.16. The number of para-hydroxylation sites is 1. The number of nitrogens with zero attached hydrogens (tertiary/aromatic N) is 2. The van der Waals surface area contributed by atoms with Crippen LogP contribution in [0.15, 0.2) is 18.2 Å². The van der Waals surface area contributed by atoms with E-state index in [4.69, 9.17) is 5.73 Å². The normalized spacial score (nSPS) is 21.8. The summed E-state index contributed by atoms with van der Waals surface area (Å²) in [6.07, 6.45) is 0. The fourth-order valence-electron chi connectivity index (χ4n) is 2.62. The number of likely N-dealkylation sites (N-methyl/N-ethyl adjacent to an activating group) is 1. The minimum Gasteiger partial charge on any atom is -0.397 e. The summed E-state index contributed by atoms with van der Waals surface area (Å²) in [6.45, 7) is 11.0. The molecule has 0 aromatic heterocycles. The van der Waals surface area contributed by atoms with Gasteiger partial charge in [0.2, 0.25) is 0 Å². The number of hydrogen-bond donors (Lipinski definition) is 1. The molecule has 3 nitrogen and oxygen atoms in total. The van der Waals surface area contributed by atoms with E-state index in [0.717, 1.165) is 31.9 Å². The van der Waals surface area contributed by atoms with E-state index >= 15 is 0 Å². The van der Waals surface area contributed by atoms with Gasteiger partial charge in [0, 0.05) is 25.7 Å². The topological polar surface area (TPSA) is 32.5 Å². The molecule has 1 atom stereocenters. The van der Waals surface area contributed by atoms with E-state index in [-0.39, 0.29) is 0 Å². The molecule has 1 aromatic rings. The second-order valence-corrected chi connectivity index (χ2v) is 4.93. The van der Waals surface area contributed by atoms with Crippen molar-refractivity contribution in [3.63, 3.8) is 0 Å². The number of piperazine rings is 1. The minimum absolute atomic E-state index is 0.605. The third-order valence-corrected chi connectivity index (χ3v) is 3.81. The van der Waals surface area contributed by atoms with Crippen LogP contribution in [0.3, 0.4) is 0 Å². The highest BCUT2D eigenvalue weighted by Crippen LogP contribution is 2.27. The molecular formula is C14H23N3. The summed E-state index contributed by atoms with van der Waals surface area (Å²) in [6, 6.07) is 6.91. The SMILES string of the molecule is CCN1CCN(c2cccc(C)c2N)CC1C. The fraction of sp³-hybridized carbons (Fsp3) is 0.571. The highest BCUT2D eigenvalue weighted by molar-refractivity contribution is 5.71. The van der Waals surface area contributed by atoms with Crippen LogP contribution >= 0.6 is 0 Å². The van der Waals surface area contributed by atoms with Gasteiger partial charge in [-0.05, 0) is 32.0 Å². The summed E-state index contributed by atoms with van der Waals surface area (Å²) >= 11 is 0. The summed E-state index contributed by atoms with van der Waals surface area (Å²) < 4.78 is 0. The van der Waals surface area contributed by atoms with Crippen LogP contribution in [-0.2, 0) is 0 Å². The van der Waals surface area contributed by atoms with Crippen molar-refractivity contribution in [3.8, 4) is 0 Å². The molecule has 0 spiro atoms. The molecule has 0 bridgehead atoms. The molecule has 2 N–H and O–H groups in total. The van der Waals surface area contributed by atoms with E-state index < -0.39 is 0 Å². The number of aryl methyl sites for hydroxylation is 1. The minimum atomic E-state index is 0.605. The first-order valence-corrected chi connectivity index (χ1v) is 6.47. The standard InChI is InChI=1S/C14H23N3/c1-4-16-8-9-17(10-12(16)3)13-7-5-6-11(2)14(13)15/h5-7,12H,4,8-10,15H2,1-3H3. The quantitative estimate of drug-likeness (QED) is 0.794. The summed E-state index contributed by atoms with van der Waals surface area (Å²) in [4.78, 5) is 4.93. The Morgan fingerprint density at radius 2 is 2.12 bits per heavy atom. The van der Waals surface area contributed by atoms with Gasteiger partial charge in [-0.2, -0.15) is 0 Å². The van der Waals surface area contributed by atoms with Crippen LogP contribution in [0.4, 0.5) is 11.4 Å². The number of anilines is 2. The highest BCUT2D eigenvalue weighted by Gasteiger charge is 2.23. The summed E-state index contributed by atoms with van der Waals surface area (Å²) in [5.74, 6) is 0. The van der Waals surface area contributed by atoms with Gasteiger partial charge in [0.15, 0.2) is 0 Å². The lowest BCUT2D eigenvalue weighted by molar-refractivity contribution is 0.199. The fourth-order valence-corrected chi connectivity index (χ4v) is 2.62. The van der Waals surface area contributed by atoms with Gasteiger partial charge in [-0.3, -0.25) is 4.90 Å². The molecule has 3 heteroatoms. The molecule has 1 saturated heterocycles. The maximum absolute atomic E-state index is 6.17. The molecule has 1 unspecified atom stereocenters. The predicted molar refractivity (Wildman–Crippen MR) is 74.5 cm³/mol. The van der Waals surface area contributed by atoms with Crippen molar-refractivity contribution in [2.75, 3.05) is 36.8 Å². The third kappa shape index (κ3) is 2.39. The molecule has 0 radical (unpaired) electrons. The Morgan fingerprint density at radius 1 is 1.35 bits per heavy atom. The summed E-state index contributed by atoms with van der Waals surface area (Å²) in [5, 5.41) is 0. The van der Waals surface area contributed by atoms with Gasteiger partial charge in [0.1, 0.15) is 0 Å². The van der Waals surface area contributed by atoms with E-state index in [9.17, 15) is 0 Å². The molecule has 0 saturated carbocycles. The molecule has 1 fully saturated rings. The lowest BCUT2D eigenvalue weighted by Crippen LogP contribution is -2.51. The highest BCUT2D eigenvalue weighted by atomic mass is 15.3. The molecule has 94 valence electrons. The van der Waals surface area contributed by atoms with Crippen LogP contribution in [0.1, 0.15) is 19.4 Å². The van der Waals surface area contributed by atoms with Gasteiger partial charge in [-0.1, -0.05) is 19.1 Å². The van der Waals surface area contributed by atoms with E-state index in [1.54, 1.807) is 0 Å². The average Bonchev–Trinajstić information content (AvgIpc) is 2.32. The number of nitrogen functional groups attached to an aromatic ring is 1. The first-order valence-electron chi connectivity index (χ1n) is 6.47.